The largest absolute Gasteiger partial charge is 0.294 e. The molecule has 0 N–H and O–H groups in total. The number of ketones is 1. The zero-order valence-electron chi connectivity index (χ0n) is 10.4. The van der Waals surface area contributed by atoms with Crippen molar-refractivity contribution in [2.24, 2.45) is 0 Å². The summed E-state index contributed by atoms with van der Waals surface area (Å²) in [6.45, 7) is 0. The second kappa shape index (κ2) is 6.62. The van der Waals surface area contributed by atoms with Crippen LogP contribution in [-0.4, -0.2) is 5.78 Å². The first-order valence-electron chi connectivity index (χ1n) is 6.19. The Morgan fingerprint density at radius 3 is 2.58 bits per heavy atom. The number of Topliss-reactive ketones (excluding diaryl/α,β-unsaturated/α-hetero) is 1. The van der Waals surface area contributed by atoms with Gasteiger partial charge >= 0.3 is 0 Å². The molecule has 0 amide bonds. The molecule has 0 bridgehead atoms. The fourth-order valence-corrected chi connectivity index (χ4v) is 2.30. The van der Waals surface area contributed by atoms with Gasteiger partial charge in [-0.25, -0.2) is 4.39 Å². The quantitative estimate of drug-likeness (QED) is 0.723. The van der Waals surface area contributed by atoms with E-state index in [1.807, 2.05) is 30.3 Å². The maximum Gasteiger partial charge on any atom is 0.165 e. The van der Waals surface area contributed by atoms with Gasteiger partial charge in [0.1, 0.15) is 5.82 Å². The number of rotatable bonds is 5. The van der Waals surface area contributed by atoms with Crippen molar-refractivity contribution in [2.75, 3.05) is 0 Å². The SMILES string of the molecule is O=C(CCCc1ccccc1)c1cc(Br)ccc1F. The van der Waals surface area contributed by atoms with Crippen molar-refractivity contribution in [1.82, 2.24) is 0 Å². The third-order valence-corrected chi connectivity index (χ3v) is 3.43. The number of halogens is 2. The molecular weight excluding hydrogens is 307 g/mol. The number of hydrogen-bond acceptors (Lipinski definition) is 1. The molecule has 0 aliphatic carbocycles. The molecule has 0 saturated carbocycles. The Balaban J connectivity index is 1.93. The van der Waals surface area contributed by atoms with Gasteiger partial charge in [0.2, 0.25) is 0 Å². The average Bonchev–Trinajstić information content (AvgIpc) is 2.42. The lowest BCUT2D eigenvalue weighted by Crippen LogP contribution is -2.03. The van der Waals surface area contributed by atoms with E-state index in [0.717, 1.165) is 17.3 Å². The summed E-state index contributed by atoms with van der Waals surface area (Å²) in [5, 5.41) is 0. The van der Waals surface area contributed by atoms with Crippen LogP contribution in [0.5, 0.6) is 0 Å². The van der Waals surface area contributed by atoms with Gasteiger partial charge in [0.25, 0.3) is 0 Å². The first-order valence-corrected chi connectivity index (χ1v) is 6.98. The van der Waals surface area contributed by atoms with E-state index in [0.29, 0.717) is 6.42 Å². The summed E-state index contributed by atoms with van der Waals surface area (Å²) < 4.78 is 14.3. The predicted octanol–water partition coefficient (Wildman–Crippen LogP) is 4.79. The lowest BCUT2D eigenvalue weighted by atomic mass is 10.0. The van der Waals surface area contributed by atoms with Crippen LogP contribution in [0.1, 0.15) is 28.8 Å². The van der Waals surface area contributed by atoms with Gasteiger partial charge in [-0.05, 0) is 36.6 Å². The number of hydrogen-bond donors (Lipinski definition) is 0. The minimum Gasteiger partial charge on any atom is -0.294 e. The van der Waals surface area contributed by atoms with Crippen molar-refractivity contribution in [1.29, 1.82) is 0 Å². The van der Waals surface area contributed by atoms with Gasteiger partial charge in [-0.1, -0.05) is 46.3 Å². The van der Waals surface area contributed by atoms with Crippen LogP contribution in [0.25, 0.3) is 0 Å². The highest BCUT2D eigenvalue weighted by Gasteiger charge is 2.11. The Hall–Kier alpha value is -1.48. The van der Waals surface area contributed by atoms with Crippen LogP contribution < -0.4 is 0 Å². The normalized spacial score (nSPS) is 10.4. The minimum atomic E-state index is -0.451. The molecule has 0 saturated heterocycles. The van der Waals surface area contributed by atoms with Gasteiger partial charge in [0, 0.05) is 10.9 Å². The molecule has 0 unspecified atom stereocenters. The van der Waals surface area contributed by atoms with Gasteiger partial charge in [0.05, 0.1) is 5.56 Å². The molecule has 0 heterocycles. The molecule has 2 aromatic carbocycles. The summed E-state index contributed by atoms with van der Waals surface area (Å²) in [7, 11) is 0. The summed E-state index contributed by atoms with van der Waals surface area (Å²) in [6.07, 6.45) is 1.93. The van der Waals surface area contributed by atoms with Crippen LogP contribution in [0.3, 0.4) is 0 Å². The van der Waals surface area contributed by atoms with E-state index in [-0.39, 0.29) is 11.3 Å². The number of carbonyl (C=O) groups excluding carboxylic acids is 1. The third-order valence-electron chi connectivity index (χ3n) is 2.94. The molecule has 0 radical (unpaired) electrons. The van der Waals surface area contributed by atoms with E-state index in [1.54, 1.807) is 12.1 Å². The first-order chi connectivity index (χ1) is 9.16. The van der Waals surface area contributed by atoms with E-state index in [2.05, 4.69) is 15.9 Å². The summed E-state index contributed by atoms with van der Waals surface area (Å²) in [5.74, 6) is -0.595. The van der Waals surface area contributed by atoms with Crippen molar-refractivity contribution in [2.45, 2.75) is 19.3 Å². The minimum absolute atomic E-state index is 0.144. The molecule has 0 aromatic heterocycles. The van der Waals surface area contributed by atoms with Gasteiger partial charge in [0.15, 0.2) is 5.78 Å². The monoisotopic (exact) mass is 320 g/mol. The summed E-state index contributed by atoms with van der Waals surface area (Å²) in [6, 6.07) is 14.4. The molecular formula is C16H14BrFO. The van der Waals surface area contributed by atoms with Crippen molar-refractivity contribution in [3.8, 4) is 0 Å². The topological polar surface area (TPSA) is 17.1 Å². The lowest BCUT2D eigenvalue weighted by molar-refractivity contribution is 0.0976. The second-order valence-corrected chi connectivity index (χ2v) is 5.30. The molecule has 3 heteroatoms. The number of benzene rings is 2. The highest BCUT2D eigenvalue weighted by molar-refractivity contribution is 9.10. The van der Waals surface area contributed by atoms with Gasteiger partial charge in [-0.15, -0.1) is 0 Å². The van der Waals surface area contributed by atoms with Crippen molar-refractivity contribution in [3.05, 3.63) is 69.9 Å². The second-order valence-electron chi connectivity index (χ2n) is 4.39. The van der Waals surface area contributed by atoms with Crippen molar-refractivity contribution < 1.29 is 9.18 Å². The smallest absolute Gasteiger partial charge is 0.165 e. The van der Waals surface area contributed by atoms with Crippen LogP contribution >= 0.6 is 15.9 Å². The van der Waals surface area contributed by atoms with Gasteiger partial charge in [-0.3, -0.25) is 4.79 Å². The molecule has 2 rings (SSSR count). The Labute approximate surface area is 120 Å². The zero-order valence-corrected chi connectivity index (χ0v) is 12.0. The van der Waals surface area contributed by atoms with E-state index < -0.39 is 5.82 Å². The molecule has 0 aliphatic heterocycles. The molecule has 19 heavy (non-hydrogen) atoms. The Morgan fingerprint density at radius 2 is 1.84 bits per heavy atom. The highest BCUT2D eigenvalue weighted by atomic mass is 79.9. The Bertz CT molecular complexity index is 566. The molecule has 0 aliphatic rings. The predicted molar refractivity (Wildman–Crippen MR) is 77.8 cm³/mol. The highest BCUT2D eigenvalue weighted by Crippen LogP contribution is 2.18. The third kappa shape index (κ3) is 4.00. The van der Waals surface area contributed by atoms with E-state index in [4.69, 9.17) is 0 Å². The zero-order chi connectivity index (χ0) is 13.7. The Morgan fingerprint density at radius 1 is 1.11 bits per heavy atom. The number of carbonyl (C=O) groups is 1. The average molecular weight is 321 g/mol. The lowest BCUT2D eigenvalue weighted by Gasteiger charge is -2.04. The van der Waals surface area contributed by atoms with E-state index in [1.165, 1.54) is 11.6 Å². The maximum atomic E-state index is 13.5. The van der Waals surface area contributed by atoms with Crippen LogP contribution in [0.2, 0.25) is 0 Å². The first kappa shape index (κ1) is 13.9. The molecule has 98 valence electrons. The molecule has 1 nitrogen and oxygen atoms in total. The van der Waals surface area contributed by atoms with Crippen LogP contribution in [0.4, 0.5) is 4.39 Å². The maximum absolute atomic E-state index is 13.5. The van der Waals surface area contributed by atoms with Gasteiger partial charge in [-0.2, -0.15) is 0 Å². The molecule has 0 spiro atoms. The summed E-state index contributed by atoms with van der Waals surface area (Å²) in [5.41, 5.74) is 1.37. The van der Waals surface area contributed by atoms with Crippen LogP contribution in [0.15, 0.2) is 53.0 Å². The van der Waals surface area contributed by atoms with Crippen LogP contribution in [0, 0.1) is 5.82 Å². The Kier molecular flexibility index (Phi) is 4.86. The van der Waals surface area contributed by atoms with Crippen LogP contribution in [-0.2, 0) is 6.42 Å². The van der Waals surface area contributed by atoms with E-state index >= 15 is 0 Å². The molecule has 2 aromatic rings. The molecule has 0 atom stereocenters. The summed E-state index contributed by atoms with van der Waals surface area (Å²) >= 11 is 3.25. The van der Waals surface area contributed by atoms with Crippen molar-refractivity contribution in [3.63, 3.8) is 0 Å². The fraction of sp³-hybridized carbons (Fsp3) is 0.188. The van der Waals surface area contributed by atoms with E-state index in [9.17, 15) is 9.18 Å². The molecule has 0 fully saturated rings. The fourth-order valence-electron chi connectivity index (χ4n) is 1.94. The number of aryl methyl sites for hydroxylation is 1. The van der Waals surface area contributed by atoms with Gasteiger partial charge < -0.3 is 0 Å². The van der Waals surface area contributed by atoms with Crippen molar-refractivity contribution >= 4 is 21.7 Å². The standard InChI is InChI=1S/C16H14BrFO/c17-13-9-10-15(18)14(11-13)16(19)8-4-7-12-5-2-1-3-6-12/h1-3,5-6,9-11H,4,7-8H2. The summed E-state index contributed by atoms with van der Waals surface area (Å²) in [4.78, 5) is 11.9.